The van der Waals surface area contributed by atoms with Gasteiger partial charge in [0.15, 0.2) is 0 Å². The van der Waals surface area contributed by atoms with Crippen LogP contribution in [0.4, 0.5) is 0 Å². The smallest absolute Gasteiger partial charge is 0.339 e. The summed E-state index contributed by atoms with van der Waals surface area (Å²) in [5, 5.41) is 0. The first-order valence-corrected chi connectivity index (χ1v) is 7.14. The van der Waals surface area contributed by atoms with Crippen LogP contribution in [0.2, 0.25) is 0 Å². The van der Waals surface area contributed by atoms with Crippen LogP contribution in [0.1, 0.15) is 38.4 Å². The van der Waals surface area contributed by atoms with Crippen LogP contribution in [-0.2, 0) is 4.79 Å². The molecule has 2 heterocycles. The Morgan fingerprint density at radius 3 is 2.70 bits per heavy atom. The molecule has 5 nitrogen and oxygen atoms in total. The molecule has 0 radical (unpaired) electrons. The second-order valence-electron chi connectivity index (χ2n) is 5.17. The molecule has 0 unspecified atom stereocenters. The van der Waals surface area contributed by atoms with E-state index >= 15 is 0 Å². The molecule has 0 N–H and O–H groups in total. The van der Waals surface area contributed by atoms with E-state index in [1.807, 2.05) is 11.8 Å². The Morgan fingerprint density at radius 1 is 1.40 bits per heavy atom. The van der Waals surface area contributed by atoms with Crippen molar-refractivity contribution >= 4 is 5.91 Å². The molecule has 1 amide bonds. The van der Waals surface area contributed by atoms with Crippen molar-refractivity contribution in [2.75, 3.05) is 13.1 Å². The Hall–Kier alpha value is -1.78. The van der Waals surface area contributed by atoms with Crippen LogP contribution in [-0.4, -0.2) is 30.0 Å². The van der Waals surface area contributed by atoms with Crippen LogP contribution in [0.3, 0.4) is 0 Å². The zero-order chi connectivity index (χ0) is 14.5. The highest BCUT2D eigenvalue weighted by atomic mass is 16.5. The number of rotatable bonds is 4. The molecule has 1 fully saturated rings. The van der Waals surface area contributed by atoms with Gasteiger partial charge in [-0.05, 0) is 13.3 Å². The summed E-state index contributed by atoms with van der Waals surface area (Å²) in [6.45, 7) is 5.19. The fourth-order valence-electron chi connectivity index (χ4n) is 2.43. The molecule has 0 aliphatic carbocycles. The van der Waals surface area contributed by atoms with Crippen LogP contribution in [0.5, 0.6) is 5.75 Å². The van der Waals surface area contributed by atoms with Gasteiger partial charge in [0.1, 0.15) is 17.6 Å². The summed E-state index contributed by atoms with van der Waals surface area (Å²) < 4.78 is 10.7. The fraction of sp³-hybridized carbons (Fsp3) is 0.600. The molecule has 1 aliphatic rings. The largest absolute Gasteiger partial charge is 0.490 e. The summed E-state index contributed by atoms with van der Waals surface area (Å²) in [6, 6.07) is 3.08. The van der Waals surface area contributed by atoms with Gasteiger partial charge in [-0.25, -0.2) is 4.79 Å². The molecule has 1 aromatic rings. The summed E-state index contributed by atoms with van der Waals surface area (Å²) in [5.74, 6) is 1.32. The quantitative estimate of drug-likeness (QED) is 0.847. The minimum Gasteiger partial charge on any atom is -0.490 e. The van der Waals surface area contributed by atoms with Gasteiger partial charge in [-0.1, -0.05) is 6.92 Å². The number of ether oxygens (including phenoxy) is 1. The van der Waals surface area contributed by atoms with Crippen LogP contribution >= 0.6 is 0 Å². The zero-order valence-corrected chi connectivity index (χ0v) is 12.1. The first kappa shape index (κ1) is 14.6. The number of aryl methyl sites for hydroxylation is 1. The maximum absolute atomic E-state index is 11.8. The molecule has 1 saturated heterocycles. The first-order chi connectivity index (χ1) is 9.58. The van der Waals surface area contributed by atoms with Crippen molar-refractivity contribution in [1.82, 2.24) is 4.90 Å². The lowest BCUT2D eigenvalue weighted by Crippen LogP contribution is -2.41. The van der Waals surface area contributed by atoms with Crippen LogP contribution in [0.15, 0.2) is 21.3 Å². The maximum atomic E-state index is 11.8. The molecule has 5 heteroatoms. The molecule has 2 rings (SSSR count). The standard InChI is InChI=1S/C15H21NO4/c1-3-4-14(17)16-7-5-12(6-8-16)20-13-9-11(2)19-15(18)10-13/h9-10,12H,3-8H2,1-2H3. The van der Waals surface area contributed by atoms with E-state index in [0.717, 1.165) is 32.4 Å². The van der Waals surface area contributed by atoms with Crippen LogP contribution < -0.4 is 10.4 Å². The molecular weight excluding hydrogens is 258 g/mol. The van der Waals surface area contributed by atoms with Gasteiger partial charge in [0.05, 0.1) is 6.07 Å². The Bertz CT molecular complexity index is 515. The van der Waals surface area contributed by atoms with Crippen molar-refractivity contribution < 1.29 is 13.9 Å². The molecular formula is C15H21NO4. The van der Waals surface area contributed by atoms with Crippen molar-refractivity contribution in [3.8, 4) is 5.75 Å². The fourth-order valence-corrected chi connectivity index (χ4v) is 2.43. The van der Waals surface area contributed by atoms with E-state index < -0.39 is 5.63 Å². The topological polar surface area (TPSA) is 59.8 Å². The highest BCUT2D eigenvalue weighted by molar-refractivity contribution is 5.76. The number of carbonyl (C=O) groups is 1. The Balaban J connectivity index is 1.88. The SMILES string of the molecule is CCCC(=O)N1CCC(Oc2cc(C)oc(=O)c2)CC1. The molecule has 0 spiro atoms. The Labute approximate surface area is 118 Å². The van der Waals surface area contributed by atoms with Gasteiger partial charge in [0.2, 0.25) is 5.91 Å². The van der Waals surface area contributed by atoms with Crippen molar-refractivity contribution in [2.24, 2.45) is 0 Å². The van der Waals surface area contributed by atoms with E-state index in [1.54, 1.807) is 13.0 Å². The van der Waals surface area contributed by atoms with Gasteiger partial charge in [-0.3, -0.25) is 4.79 Å². The van der Waals surface area contributed by atoms with E-state index in [-0.39, 0.29) is 12.0 Å². The third-order valence-electron chi connectivity index (χ3n) is 3.43. The van der Waals surface area contributed by atoms with Gasteiger partial charge < -0.3 is 14.1 Å². The third-order valence-corrected chi connectivity index (χ3v) is 3.43. The number of likely N-dealkylation sites (tertiary alicyclic amines) is 1. The number of amides is 1. The predicted molar refractivity (Wildman–Crippen MR) is 74.9 cm³/mol. The predicted octanol–water partition coefficient (Wildman–Crippen LogP) is 2.12. The zero-order valence-electron chi connectivity index (χ0n) is 12.1. The molecule has 1 aliphatic heterocycles. The van der Waals surface area contributed by atoms with Gasteiger partial charge >= 0.3 is 5.63 Å². The van der Waals surface area contributed by atoms with Crippen LogP contribution in [0, 0.1) is 6.92 Å². The molecule has 110 valence electrons. The number of hydrogen-bond donors (Lipinski definition) is 0. The molecule has 20 heavy (non-hydrogen) atoms. The van der Waals surface area contributed by atoms with E-state index in [4.69, 9.17) is 9.15 Å². The normalized spacial score (nSPS) is 16.2. The van der Waals surface area contributed by atoms with Gasteiger partial charge in [0, 0.05) is 38.4 Å². The monoisotopic (exact) mass is 279 g/mol. The van der Waals surface area contributed by atoms with Crippen molar-refractivity contribution in [1.29, 1.82) is 0 Å². The summed E-state index contributed by atoms with van der Waals surface area (Å²) in [4.78, 5) is 24.9. The van der Waals surface area contributed by atoms with Gasteiger partial charge in [-0.15, -0.1) is 0 Å². The number of piperidine rings is 1. The second kappa shape index (κ2) is 6.59. The lowest BCUT2D eigenvalue weighted by molar-refractivity contribution is -0.133. The average molecular weight is 279 g/mol. The molecule has 0 saturated carbocycles. The molecule has 0 bridgehead atoms. The lowest BCUT2D eigenvalue weighted by Gasteiger charge is -2.32. The molecule has 0 atom stereocenters. The number of hydrogen-bond acceptors (Lipinski definition) is 4. The van der Waals surface area contributed by atoms with Crippen LogP contribution in [0.25, 0.3) is 0 Å². The minimum atomic E-state index is -0.393. The number of carbonyl (C=O) groups excluding carboxylic acids is 1. The summed E-state index contributed by atoms with van der Waals surface area (Å²) in [7, 11) is 0. The number of nitrogens with zero attached hydrogens (tertiary/aromatic N) is 1. The second-order valence-corrected chi connectivity index (χ2v) is 5.17. The summed E-state index contributed by atoms with van der Waals surface area (Å²) >= 11 is 0. The third kappa shape index (κ3) is 3.85. The van der Waals surface area contributed by atoms with E-state index in [1.165, 1.54) is 6.07 Å². The van der Waals surface area contributed by atoms with Gasteiger partial charge in [0.25, 0.3) is 0 Å². The lowest BCUT2D eigenvalue weighted by atomic mass is 10.1. The maximum Gasteiger partial charge on any atom is 0.339 e. The van der Waals surface area contributed by atoms with Crippen molar-refractivity contribution in [3.63, 3.8) is 0 Å². The summed E-state index contributed by atoms with van der Waals surface area (Å²) in [5.41, 5.74) is -0.393. The highest BCUT2D eigenvalue weighted by Gasteiger charge is 2.23. The van der Waals surface area contributed by atoms with Crippen molar-refractivity contribution in [2.45, 2.75) is 45.6 Å². The summed E-state index contributed by atoms with van der Waals surface area (Å²) in [6.07, 6.45) is 3.16. The minimum absolute atomic E-state index is 0.0573. The van der Waals surface area contributed by atoms with E-state index in [0.29, 0.717) is 17.9 Å². The Morgan fingerprint density at radius 2 is 2.10 bits per heavy atom. The van der Waals surface area contributed by atoms with Gasteiger partial charge in [-0.2, -0.15) is 0 Å². The van der Waals surface area contributed by atoms with Crippen molar-refractivity contribution in [3.05, 3.63) is 28.3 Å². The van der Waals surface area contributed by atoms with E-state index in [9.17, 15) is 9.59 Å². The molecule has 1 aromatic heterocycles. The highest BCUT2D eigenvalue weighted by Crippen LogP contribution is 2.19. The average Bonchev–Trinajstić information content (AvgIpc) is 2.38. The molecule has 0 aromatic carbocycles. The van der Waals surface area contributed by atoms with E-state index in [2.05, 4.69) is 0 Å². The first-order valence-electron chi connectivity index (χ1n) is 7.14. The Kier molecular flexibility index (Phi) is 4.82.